The molecule has 0 aliphatic rings. The van der Waals surface area contributed by atoms with Crippen molar-refractivity contribution in [3.63, 3.8) is 0 Å². The van der Waals surface area contributed by atoms with Crippen molar-refractivity contribution in [2.24, 2.45) is 0 Å². The van der Waals surface area contributed by atoms with Gasteiger partial charge < -0.3 is 9.32 Å². The number of nitrogens with zero attached hydrogens (tertiary/aromatic N) is 1. The summed E-state index contributed by atoms with van der Waals surface area (Å²) < 4.78 is 6.68. The molecule has 11 aromatic rings. The Kier molecular flexibility index (Phi) is 8.87. The molecule has 1 heterocycles. The van der Waals surface area contributed by atoms with Crippen molar-refractivity contribution in [3.8, 4) is 55.6 Å². The van der Waals surface area contributed by atoms with Crippen molar-refractivity contribution in [2.75, 3.05) is 4.90 Å². The van der Waals surface area contributed by atoms with Crippen molar-refractivity contribution in [1.82, 2.24) is 0 Å². The minimum atomic E-state index is 0.845. The zero-order valence-corrected chi connectivity index (χ0v) is 32.9. The van der Waals surface area contributed by atoms with Crippen LogP contribution in [0.15, 0.2) is 241 Å². The van der Waals surface area contributed by atoms with Crippen LogP contribution in [-0.4, -0.2) is 0 Å². The topological polar surface area (TPSA) is 16.4 Å². The number of fused-ring (bicyclic) bond motifs is 4. The Bertz CT molecular complexity index is 3310. The van der Waals surface area contributed by atoms with Crippen LogP contribution in [0.2, 0.25) is 0 Å². The van der Waals surface area contributed by atoms with Gasteiger partial charge in [-0.25, -0.2) is 0 Å². The highest BCUT2D eigenvalue weighted by Gasteiger charge is 2.19. The third kappa shape index (κ3) is 6.51. The van der Waals surface area contributed by atoms with Gasteiger partial charge in [-0.1, -0.05) is 176 Å². The van der Waals surface area contributed by atoms with Crippen molar-refractivity contribution in [2.45, 2.75) is 0 Å². The molecule has 0 atom stereocenters. The first-order valence-corrected chi connectivity index (χ1v) is 20.5. The molecule has 282 valence electrons. The van der Waals surface area contributed by atoms with Crippen LogP contribution in [0, 0.1) is 0 Å². The van der Waals surface area contributed by atoms with E-state index in [4.69, 9.17) is 4.42 Å². The Labute approximate surface area is 349 Å². The zero-order valence-electron chi connectivity index (χ0n) is 32.9. The quantitative estimate of drug-likeness (QED) is 0.153. The maximum Gasteiger partial charge on any atom is 0.137 e. The SMILES string of the molecule is c1ccc(-c2cccc(-c3ccc4oc5cc(N(c6cccc(-c7cccc8ccccc78)c6)c6ccc(-c7ccccc7)c(-c7ccccc7)c6)ccc5c4c3)c2)cc1. The summed E-state index contributed by atoms with van der Waals surface area (Å²) in [5.41, 5.74) is 16.7. The number of benzene rings is 10. The first-order valence-electron chi connectivity index (χ1n) is 20.5. The van der Waals surface area contributed by atoms with Crippen LogP contribution in [0.25, 0.3) is 88.3 Å². The van der Waals surface area contributed by atoms with E-state index in [2.05, 4.69) is 241 Å². The summed E-state index contributed by atoms with van der Waals surface area (Å²) in [7, 11) is 0. The van der Waals surface area contributed by atoms with E-state index in [1.54, 1.807) is 0 Å². The van der Waals surface area contributed by atoms with Gasteiger partial charge in [0.2, 0.25) is 0 Å². The summed E-state index contributed by atoms with van der Waals surface area (Å²) in [4.78, 5) is 2.36. The van der Waals surface area contributed by atoms with E-state index in [-0.39, 0.29) is 0 Å². The van der Waals surface area contributed by atoms with Gasteiger partial charge in [-0.15, -0.1) is 0 Å². The van der Waals surface area contributed by atoms with Crippen molar-refractivity contribution < 1.29 is 4.42 Å². The summed E-state index contributed by atoms with van der Waals surface area (Å²) >= 11 is 0. The highest BCUT2D eigenvalue weighted by molar-refractivity contribution is 6.08. The largest absolute Gasteiger partial charge is 0.456 e. The lowest BCUT2D eigenvalue weighted by Gasteiger charge is -2.27. The Morgan fingerprint density at radius 1 is 0.250 bits per heavy atom. The molecule has 0 amide bonds. The Hall–Kier alpha value is -7.94. The molecule has 2 nitrogen and oxygen atoms in total. The van der Waals surface area contributed by atoms with Crippen LogP contribution in [-0.2, 0) is 0 Å². The van der Waals surface area contributed by atoms with E-state index in [9.17, 15) is 0 Å². The molecule has 11 rings (SSSR count). The second kappa shape index (κ2) is 15.1. The van der Waals surface area contributed by atoms with Crippen LogP contribution in [0.3, 0.4) is 0 Å². The van der Waals surface area contributed by atoms with Gasteiger partial charge in [0.05, 0.1) is 0 Å². The fourth-order valence-corrected chi connectivity index (χ4v) is 8.73. The molecule has 0 aliphatic carbocycles. The van der Waals surface area contributed by atoms with Crippen molar-refractivity contribution in [1.29, 1.82) is 0 Å². The van der Waals surface area contributed by atoms with Crippen molar-refractivity contribution >= 4 is 49.8 Å². The molecule has 0 N–H and O–H groups in total. The molecule has 0 bridgehead atoms. The van der Waals surface area contributed by atoms with Gasteiger partial charge in [-0.2, -0.15) is 0 Å². The van der Waals surface area contributed by atoms with Crippen LogP contribution in [0.1, 0.15) is 0 Å². The molecule has 10 aromatic carbocycles. The Morgan fingerprint density at radius 3 is 1.62 bits per heavy atom. The Morgan fingerprint density at radius 2 is 0.817 bits per heavy atom. The fraction of sp³-hybridized carbons (Fsp3) is 0. The molecule has 1 aromatic heterocycles. The van der Waals surface area contributed by atoms with E-state index in [1.807, 2.05) is 0 Å². The summed E-state index contributed by atoms with van der Waals surface area (Å²) in [5.74, 6) is 0. The van der Waals surface area contributed by atoms with E-state index in [0.29, 0.717) is 0 Å². The number of anilines is 3. The summed E-state index contributed by atoms with van der Waals surface area (Å²) in [6.07, 6.45) is 0. The first kappa shape index (κ1) is 35.2. The van der Waals surface area contributed by atoms with Crippen LogP contribution in [0.5, 0.6) is 0 Å². The van der Waals surface area contributed by atoms with Gasteiger partial charge >= 0.3 is 0 Å². The normalized spacial score (nSPS) is 11.3. The van der Waals surface area contributed by atoms with Crippen LogP contribution < -0.4 is 4.90 Å². The number of furan rings is 1. The zero-order chi connectivity index (χ0) is 39.8. The Balaban J connectivity index is 1.07. The van der Waals surface area contributed by atoms with Gasteiger partial charge in [0.15, 0.2) is 0 Å². The molecule has 0 saturated heterocycles. The van der Waals surface area contributed by atoms with E-state index >= 15 is 0 Å². The third-order valence-electron chi connectivity index (χ3n) is 11.7. The van der Waals surface area contributed by atoms with Gasteiger partial charge in [0.25, 0.3) is 0 Å². The predicted octanol–water partition coefficient (Wildman–Crippen LogP) is 16.5. The average molecular weight is 766 g/mol. The molecule has 0 radical (unpaired) electrons. The van der Waals surface area contributed by atoms with Gasteiger partial charge in [-0.05, 0) is 121 Å². The number of rotatable bonds is 8. The second-order valence-corrected chi connectivity index (χ2v) is 15.3. The molecule has 0 unspecified atom stereocenters. The summed E-state index contributed by atoms with van der Waals surface area (Å²) in [5, 5.41) is 4.65. The lowest BCUT2D eigenvalue weighted by Crippen LogP contribution is -2.10. The van der Waals surface area contributed by atoms with Crippen molar-refractivity contribution in [3.05, 3.63) is 237 Å². The molecule has 0 fully saturated rings. The number of hydrogen-bond donors (Lipinski definition) is 0. The van der Waals surface area contributed by atoms with E-state index in [0.717, 1.165) is 50.1 Å². The minimum Gasteiger partial charge on any atom is -0.456 e. The van der Waals surface area contributed by atoms with E-state index in [1.165, 1.54) is 55.3 Å². The van der Waals surface area contributed by atoms with Crippen LogP contribution >= 0.6 is 0 Å². The summed E-state index contributed by atoms with van der Waals surface area (Å²) in [6.45, 7) is 0. The lowest BCUT2D eigenvalue weighted by atomic mass is 9.93. The third-order valence-corrected chi connectivity index (χ3v) is 11.7. The molecular weight excluding hydrogens is 727 g/mol. The molecule has 0 saturated carbocycles. The molecule has 0 spiro atoms. The summed E-state index contributed by atoms with van der Waals surface area (Å²) in [6, 6.07) is 84.8. The predicted molar refractivity (Wildman–Crippen MR) is 253 cm³/mol. The fourth-order valence-electron chi connectivity index (χ4n) is 8.73. The van der Waals surface area contributed by atoms with Gasteiger partial charge in [0.1, 0.15) is 11.2 Å². The highest BCUT2D eigenvalue weighted by atomic mass is 16.3. The molecule has 60 heavy (non-hydrogen) atoms. The average Bonchev–Trinajstić information content (AvgIpc) is 3.70. The van der Waals surface area contributed by atoms with Crippen LogP contribution in [0.4, 0.5) is 17.1 Å². The lowest BCUT2D eigenvalue weighted by molar-refractivity contribution is 0.669. The maximum absolute atomic E-state index is 6.68. The monoisotopic (exact) mass is 765 g/mol. The highest BCUT2D eigenvalue weighted by Crippen LogP contribution is 2.44. The molecule has 0 aliphatic heterocycles. The maximum atomic E-state index is 6.68. The minimum absolute atomic E-state index is 0.845. The first-order chi connectivity index (χ1) is 29.7. The van der Waals surface area contributed by atoms with E-state index < -0.39 is 0 Å². The smallest absolute Gasteiger partial charge is 0.137 e. The standard InChI is InChI=1S/C58H39NO/c1-4-15-40(16-5-1)44-23-12-24-45(35-44)46-29-34-57-56(37-46)54-33-31-50(39-58(54)60-57)59(48-26-13-25-47(36-48)52-28-14-22-42-21-10-11-27-51(42)52)49-30-32-53(41-17-6-2-7-18-41)55(38-49)43-19-8-3-9-20-43/h1-39H. The van der Waals surface area contributed by atoms with Gasteiger partial charge in [0, 0.05) is 33.9 Å². The molecular formula is C58H39NO. The van der Waals surface area contributed by atoms with Gasteiger partial charge in [-0.3, -0.25) is 0 Å². The molecule has 2 heteroatoms. The second-order valence-electron chi connectivity index (χ2n) is 15.3. The number of hydrogen-bond acceptors (Lipinski definition) is 2.